The zero-order chi connectivity index (χ0) is 17.6. The molecule has 1 aliphatic heterocycles. The number of likely N-dealkylation sites (tertiary alicyclic amines) is 1. The van der Waals surface area contributed by atoms with Crippen molar-refractivity contribution in [3.8, 4) is 0 Å². The van der Waals surface area contributed by atoms with E-state index >= 15 is 0 Å². The van der Waals surface area contributed by atoms with E-state index in [0.717, 1.165) is 31.5 Å². The Morgan fingerprint density at radius 3 is 2.92 bits per heavy atom. The highest BCUT2D eigenvalue weighted by Crippen LogP contribution is 2.30. The number of carbonyl (C=O) groups is 1. The van der Waals surface area contributed by atoms with Crippen molar-refractivity contribution >= 4 is 17.7 Å². The third-order valence-electron chi connectivity index (χ3n) is 4.10. The number of piperidine rings is 1. The lowest BCUT2D eigenvalue weighted by Crippen LogP contribution is -2.43. The Balaban J connectivity index is 1.79. The molecule has 0 saturated carbocycles. The number of nitrogens with one attached hydrogen (secondary N) is 1. The summed E-state index contributed by atoms with van der Waals surface area (Å²) in [6, 6.07) is 1.87. The van der Waals surface area contributed by atoms with Gasteiger partial charge in [0.25, 0.3) is 0 Å². The van der Waals surface area contributed by atoms with Gasteiger partial charge in [0.2, 0.25) is 11.9 Å². The van der Waals surface area contributed by atoms with E-state index in [0.29, 0.717) is 18.3 Å². The Bertz CT molecular complexity index is 707. The van der Waals surface area contributed by atoms with E-state index in [1.54, 1.807) is 24.8 Å². The van der Waals surface area contributed by atoms with Crippen LogP contribution in [0, 0.1) is 0 Å². The number of anilines is 2. The number of hydrogen-bond donors (Lipinski definition) is 1. The number of hydrogen-bond acceptors (Lipinski definition) is 7. The number of aromatic nitrogens is 4. The van der Waals surface area contributed by atoms with Gasteiger partial charge in [-0.25, -0.2) is 15.0 Å². The van der Waals surface area contributed by atoms with Crippen LogP contribution < -0.4 is 5.32 Å². The largest absolute Gasteiger partial charge is 0.333 e. The van der Waals surface area contributed by atoms with Crippen LogP contribution in [0.3, 0.4) is 0 Å². The highest BCUT2D eigenvalue weighted by atomic mass is 16.2. The molecule has 1 aliphatic rings. The molecule has 8 heteroatoms. The molecule has 1 saturated heterocycles. The van der Waals surface area contributed by atoms with Gasteiger partial charge in [-0.3, -0.25) is 9.78 Å². The minimum Gasteiger partial charge on any atom is -0.333 e. The van der Waals surface area contributed by atoms with E-state index < -0.39 is 0 Å². The SMILES string of the molecule is CN(C)CC(=O)N1CCCC[C@@H]1c1ccnc(Nc2cnccn2)n1. The second-order valence-corrected chi connectivity index (χ2v) is 6.36. The third-order valence-corrected chi connectivity index (χ3v) is 4.10. The van der Waals surface area contributed by atoms with E-state index in [1.807, 2.05) is 30.0 Å². The molecule has 1 atom stereocenters. The van der Waals surface area contributed by atoms with Crippen molar-refractivity contribution < 1.29 is 4.79 Å². The molecule has 1 amide bonds. The quantitative estimate of drug-likeness (QED) is 0.884. The lowest BCUT2D eigenvalue weighted by molar-refractivity contribution is -0.135. The van der Waals surface area contributed by atoms with Crippen LogP contribution in [0.4, 0.5) is 11.8 Å². The summed E-state index contributed by atoms with van der Waals surface area (Å²) < 4.78 is 0. The Hall–Kier alpha value is -2.61. The monoisotopic (exact) mass is 341 g/mol. The van der Waals surface area contributed by atoms with E-state index in [9.17, 15) is 4.79 Å². The van der Waals surface area contributed by atoms with Gasteiger partial charge in [-0.1, -0.05) is 0 Å². The van der Waals surface area contributed by atoms with Crippen LogP contribution in [-0.2, 0) is 4.79 Å². The third kappa shape index (κ3) is 4.48. The summed E-state index contributed by atoms with van der Waals surface area (Å²) in [6.07, 6.45) is 9.58. The molecule has 132 valence electrons. The molecular weight excluding hydrogens is 318 g/mol. The van der Waals surface area contributed by atoms with Crippen molar-refractivity contribution in [2.75, 3.05) is 32.5 Å². The van der Waals surface area contributed by atoms with Crippen LogP contribution in [0.5, 0.6) is 0 Å². The normalized spacial score (nSPS) is 17.6. The van der Waals surface area contributed by atoms with Gasteiger partial charge < -0.3 is 15.1 Å². The lowest BCUT2D eigenvalue weighted by Gasteiger charge is -2.36. The first kappa shape index (κ1) is 17.2. The summed E-state index contributed by atoms with van der Waals surface area (Å²) in [4.78, 5) is 33.5. The van der Waals surface area contributed by atoms with Gasteiger partial charge in [0, 0.05) is 25.1 Å². The standard InChI is InChI=1S/C17H23N7O/c1-23(2)12-16(25)24-10-4-3-5-14(24)13-6-7-20-17(21-13)22-15-11-18-8-9-19-15/h6-9,11,14H,3-5,10,12H2,1-2H3,(H,19,20,21,22)/t14-/m1/s1. The zero-order valence-corrected chi connectivity index (χ0v) is 14.6. The fraction of sp³-hybridized carbons (Fsp3) is 0.471. The molecule has 2 aromatic rings. The molecule has 0 radical (unpaired) electrons. The smallest absolute Gasteiger partial charge is 0.237 e. The second-order valence-electron chi connectivity index (χ2n) is 6.36. The van der Waals surface area contributed by atoms with Crippen molar-refractivity contribution in [3.63, 3.8) is 0 Å². The molecule has 8 nitrogen and oxygen atoms in total. The summed E-state index contributed by atoms with van der Waals surface area (Å²) in [6.45, 7) is 1.18. The molecule has 0 aliphatic carbocycles. The number of nitrogens with zero attached hydrogens (tertiary/aromatic N) is 6. The van der Waals surface area contributed by atoms with Gasteiger partial charge in [0.15, 0.2) is 5.82 Å². The predicted molar refractivity (Wildman–Crippen MR) is 94.2 cm³/mol. The summed E-state index contributed by atoms with van der Waals surface area (Å²) >= 11 is 0. The van der Waals surface area contributed by atoms with E-state index in [4.69, 9.17) is 0 Å². The Morgan fingerprint density at radius 2 is 2.16 bits per heavy atom. The van der Waals surface area contributed by atoms with E-state index in [-0.39, 0.29) is 11.9 Å². The second kappa shape index (κ2) is 7.98. The zero-order valence-electron chi connectivity index (χ0n) is 14.6. The van der Waals surface area contributed by atoms with E-state index in [2.05, 4.69) is 25.3 Å². The minimum atomic E-state index is -0.00777. The van der Waals surface area contributed by atoms with Crippen LogP contribution in [0.15, 0.2) is 30.9 Å². The predicted octanol–water partition coefficient (Wildman–Crippen LogP) is 1.63. The van der Waals surface area contributed by atoms with Crippen LogP contribution in [0.25, 0.3) is 0 Å². The van der Waals surface area contributed by atoms with Crippen molar-refractivity contribution in [3.05, 3.63) is 36.5 Å². The van der Waals surface area contributed by atoms with Gasteiger partial charge in [0.1, 0.15) is 0 Å². The van der Waals surface area contributed by atoms with Gasteiger partial charge >= 0.3 is 0 Å². The summed E-state index contributed by atoms with van der Waals surface area (Å²) in [7, 11) is 3.81. The van der Waals surface area contributed by atoms with Crippen LogP contribution in [-0.4, -0.2) is 62.8 Å². The number of carbonyl (C=O) groups excluding carboxylic acids is 1. The molecule has 1 N–H and O–H groups in total. The molecule has 3 heterocycles. The number of likely N-dealkylation sites (N-methyl/N-ethyl adjacent to an activating group) is 1. The fourth-order valence-corrected chi connectivity index (χ4v) is 3.00. The molecule has 1 fully saturated rings. The molecule has 0 spiro atoms. The van der Waals surface area contributed by atoms with Crippen molar-refractivity contribution in [1.82, 2.24) is 29.7 Å². The number of rotatable bonds is 5. The maximum atomic E-state index is 12.6. The maximum Gasteiger partial charge on any atom is 0.237 e. The summed E-state index contributed by atoms with van der Waals surface area (Å²) in [5.41, 5.74) is 0.855. The van der Waals surface area contributed by atoms with Crippen LogP contribution in [0.2, 0.25) is 0 Å². The molecule has 2 aromatic heterocycles. The molecular formula is C17H23N7O. The molecule has 25 heavy (non-hydrogen) atoms. The Kier molecular flexibility index (Phi) is 5.49. The van der Waals surface area contributed by atoms with Gasteiger partial charge in [-0.15, -0.1) is 0 Å². The van der Waals surface area contributed by atoms with Gasteiger partial charge in [0.05, 0.1) is 24.5 Å². The molecule has 0 unspecified atom stereocenters. The molecule has 3 rings (SSSR count). The highest BCUT2D eigenvalue weighted by molar-refractivity contribution is 5.78. The summed E-state index contributed by atoms with van der Waals surface area (Å²) in [5, 5.41) is 3.05. The Labute approximate surface area is 147 Å². The molecule has 0 aromatic carbocycles. The van der Waals surface area contributed by atoms with Crippen LogP contribution >= 0.6 is 0 Å². The first-order valence-electron chi connectivity index (χ1n) is 8.43. The minimum absolute atomic E-state index is 0.00777. The maximum absolute atomic E-state index is 12.6. The van der Waals surface area contributed by atoms with Crippen molar-refractivity contribution in [2.45, 2.75) is 25.3 Å². The highest BCUT2D eigenvalue weighted by Gasteiger charge is 2.29. The molecule has 0 bridgehead atoms. The average Bonchev–Trinajstić information content (AvgIpc) is 2.62. The number of amides is 1. The first-order chi connectivity index (χ1) is 12.1. The van der Waals surface area contributed by atoms with Gasteiger partial charge in [-0.2, -0.15) is 0 Å². The first-order valence-corrected chi connectivity index (χ1v) is 8.43. The summed E-state index contributed by atoms with van der Waals surface area (Å²) in [5.74, 6) is 1.18. The fourth-order valence-electron chi connectivity index (χ4n) is 3.00. The van der Waals surface area contributed by atoms with Gasteiger partial charge in [-0.05, 0) is 39.4 Å². The van der Waals surface area contributed by atoms with Crippen LogP contribution in [0.1, 0.15) is 31.0 Å². The van der Waals surface area contributed by atoms with E-state index in [1.165, 1.54) is 0 Å². The lowest BCUT2D eigenvalue weighted by atomic mass is 9.99. The van der Waals surface area contributed by atoms with Crippen molar-refractivity contribution in [1.29, 1.82) is 0 Å². The van der Waals surface area contributed by atoms with Crippen molar-refractivity contribution in [2.24, 2.45) is 0 Å². The Morgan fingerprint density at radius 1 is 1.28 bits per heavy atom. The topological polar surface area (TPSA) is 87.1 Å². The average molecular weight is 341 g/mol.